The van der Waals surface area contributed by atoms with Crippen LogP contribution in [0.5, 0.6) is 0 Å². The number of hydrogen-bond acceptors (Lipinski definition) is 4. The third kappa shape index (κ3) is 2.25. The van der Waals surface area contributed by atoms with Crippen LogP contribution in [0.4, 0.5) is 0 Å². The first-order valence-corrected chi connectivity index (χ1v) is 5.36. The summed E-state index contributed by atoms with van der Waals surface area (Å²) in [5.41, 5.74) is 1.15. The molecule has 0 spiro atoms. The number of aryl methyl sites for hydroxylation is 2. The second-order valence-corrected chi connectivity index (χ2v) is 3.85. The summed E-state index contributed by atoms with van der Waals surface area (Å²) in [7, 11) is 1.68. The van der Waals surface area contributed by atoms with Gasteiger partial charge in [0, 0.05) is 7.05 Å². The number of carbonyl (C=O) groups excluding carboxylic acids is 1. The molecule has 2 aromatic rings. The predicted molar refractivity (Wildman–Crippen MR) is 62.5 cm³/mol. The molecule has 0 aromatic carbocycles. The minimum atomic E-state index is -0.803. The molecule has 2 rings (SSSR count). The topological polar surface area (TPSA) is 83.9 Å². The van der Waals surface area contributed by atoms with Crippen molar-refractivity contribution in [1.82, 2.24) is 15.1 Å². The zero-order chi connectivity index (χ0) is 13.1. The maximum atomic E-state index is 12.0. The van der Waals surface area contributed by atoms with E-state index in [0.717, 1.165) is 5.69 Å². The van der Waals surface area contributed by atoms with Gasteiger partial charge in [-0.15, -0.1) is 0 Å². The summed E-state index contributed by atoms with van der Waals surface area (Å²) in [5.74, 6) is 0.0470. The smallest absolute Gasteiger partial charge is 0.270 e. The summed E-state index contributed by atoms with van der Waals surface area (Å²) in [4.78, 5) is 12.0. The van der Waals surface area contributed by atoms with Crippen molar-refractivity contribution in [2.24, 2.45) is 7.05 Å². The lowest BCUT2D eigenvalue weighted by molar-refractivity contribution is 0.0932. The van der Waals surface area contributed by atoms with Crippen molar-refractivity contribution in [2.45, 2.75) is 13.0 Å². The van der Waals surface area contributed by atoms with Crippen LogP contribution in [-0.2, 0) is 7.05 Å². The fourth-order valence-corrected chi connectivity index (χ4v) is 1.65. The van der Waals surface area contributed by atoms with Gasteiger partial charge in [0.05, 0.1) is 18.0 Å². The third-order valence-corrected chi connectivity index (χ3v) is 2.47. The van der Waals surface area contributed by atoms with Gasteiger partial charge in [-0.1, -0.05) is 0 Å². The molecule has 1 N–H and O–H groups in total. The molecular formula is C12H12N4O2. The molecule has 18 heavy (non-hydrogen) atoms. The Balaban J connectivity index is 2.16. The quantitative estimate of drug-likeness (QED) is 0.882. The second kappa shape index (κ2) is 4.75. The van der Waals surface area contributed by atoms with Gasteiger partial charge in [0.25, 0.3) is 5.91 Å². The van der Waals surface area contributed by atoms with Gasteiger partial charge in [0.2, 0.25) is 0 Å². The Bertz CT molecular complexity index is 592. The van der Waals surface area contributed by atoms with E-state index in [4.69, 9.17) is 9.68 Å². The molecule has 0 aliphatic heterocycles. The molecule has 92 valence electrons. The van der Waals surface area contributed by atoms with Crippen LogP contribution in [0.25, 0.3) is 0 Å². The Morgan fingerprint density at radius 1 is 1.67 bits per heavy atom. The first-order chi connectivity index (χ1) is 8.61. The fourth-order valence-electron chi connectivity index (χ4n) is 1.65. The molecule has 6 nitrogen and oxygen atoms in total. The second-order valence-electron chi connectivity index (χ2n) is 3.85. The van der Waals surface area contributed by atoms with Crippen molar-refractivity contribution < 1.29 is 9.21 Å². The van der Waals surface area contributed by atoms with Crippen molar-refractivity contribution >= 4 is 5.91 Å². The van der Waals surface area contributed by atoms with Gasteiger partial charge in [-0.3, -0.25) is 9.48 Å². The molecule has 2 aromatic heterocycles. The Kier molecular flexibility index (Phi) is 3.15. The fraction of sp³-hybridized carbons (Fsp3) is 0.250. The summed E-state index contributed by atoms with van der Waals surface area (Å²) in [6, 6.07) is 6.14. The van der Waals surface area contributed by atoms with E-state index in [0.29, 0.717) is 11.5 Å². The Labute approximate surface area is 104 Å². The van der Waals surface area contributed by atoms with E-state index < -0.39 is 6.04 Å². The monoisotopic (exact) mass is 244 g/mol. The molecule has 6 heteroatoms. The van der Waals surface area contributed by atoms with Crippen LogP contribution in [0.1, 0.15) is 28.0 Å². The van der Waals surface area contributed by atoms with Crippen molar-refractivity contribution in [3.63, 3.8) is 0 Å². The van der Waals surface area contributed by atoms with Crippen molar-refractivity contribution in [3.05, 3.63) is 41.6 Å². The SMILES string of the molecule is Cc1cc(C(=O)NC(C#N)c2ccco2)n(C)n1. The minimum absolute atomic E-state index is 0.360. The number of carbonyl (C=O) groups is 1. The van der Waals surface area contributed by atoms with Gasteiger partial charge in [0.15, 0.2) is 6.04 Å². The van der Waals surface area contributed by atoms with Crippen LogP contribution in [-0.4, -0.2) is 15.7 Å². The first kappa shape index (κ1) is 11.9. The minimum Gasteiger partial charge on any atom is -0.466 e. The Morgan fingerprint density at radius 2 is 2.44 bits per heavy atom. The maximum absolute atomic E-state index is 12.0. The highest BCUT2D eigenvalue weighted by atomic mass is 16.3. The lowest BCUT2D eigenvalue weighted by Crippen LogP contribution is -2.29. The average molecular weight is 244 g/mol. The number of nitrogens with one attached hydrogen (secondary N) is 1. The van der Waals surface area contributed by atoms with Gasteiger partial charge in [-0.2, -0.15) is 10.4 Å². The molecule has 0 aliphatic carbocycles. The van der Waals surface area contributed by atoms with Crippen molar-refractivity contribution in [2.75, 3.05) is 0 Å². The number of furan rings is 1. The molecular weight excluding hydrogens is 232 g/mol. The predicted octanol–water partition coefficient (Wildman–Crippen LogP) is 1.32. The molecule has 1 amide bonds. The molecule has 0 saturated heterocycles. The summed E-state index contributed by atoms with van der Waals surface area (Å²) >= 11 is 0. The lowest BCUT2D eigenvalue weighted by atomic mass is 10.2. The molecule has 0 saturated carbocycles. The van der Waals surface area contributed by atoms with Gasteiger partial charge in [0.1, 0.15) is 11.5 Å². The summed E-state index contributed by atoms with van der Waals surface area (Å²) < 4.78 is 6.57. The number of amides is 1. The van der Waals surface area contributed by atoms with E-state index in [1.165, 1.54) is 10.9 Å². The molecule has 0 aliphatic rings. The first-order valence-electron chi connectivity index (χ1n) is 5.36. The highest BCUT2D eigenvalue weighted by molar-refractivity contribution is 5.93. The average Bonchev–Trinajstić information content (AvgIpc) is 2.95. The Hall–Kier alpha value is -2.55. The van der Waals surface area contributed by atoms with Crippen LogP contribution in [0, 0.1) is 18.3 Å². The van der Waals surface area contributed by atoms with Gasteiger partial charge in [-0.25, -0.2) is 0 Å². The lowest BCUT2D eigenvalue weighted by Gasteiger charge is -2.08. The normalized spacial score (nSPS) is 11.8. The van der Waals surface area contributed by atoms with E-state index in [-0.39, 0.29) is 5.91 Å². The van der Waals surface area contributed by atoms with Gasteiger partial charge in [-0.05, 0) is 25.1 Å². The number of nitriles is 1. The standard InChI is InChI=1S/C12H12N4O2/c1-8-6-10(16(2)15-8)12(17)14-9(7-13)11-4-3-5-18-11/h3-6,9H,1-2H3,(H,14,17). The zero-order valence-electron chi connectivity index (χ0n) is 10.0. The number of aromatic nitrogens is 2. The van der Waals surface area contributed by atoms with Crippen molar-refractivity contribution in [1.29, 1.82) is 5.26 Å². The van der Waals surface area contributed by atoms with Crippen LogP contribution in [0.3, 0.4) is 0 Å². The van der Waals surface area contributed by atoms with Crippen LogP contribution < -0.4 is 5.32 Å². The Morgan fingerprint density at radius 3 is 2.94 bits per heavy atom. The van der Waals surface area contributed by atoms with Gasteiger partial charge >= 0.3 is 0 Å². The molecule has 0 fully saturated rings. The van der Waals surface area contributed by atoms with Crippen LogP contribution in [0.15, 0.2) is 28.9 Å². The van der Waals surface area contributed by atoms with E-state index >= 15 is 0 Å². The van der Waals surface area contributed by atoms with Crippen molar-refractivity contribution in [3.8, 4) is 6.07 Å². The molecule has 2 heterocycles. The summed E-state index contributed by atoms with van der Waals surface area (Å²) in [5, 5.41) is 15.7. The molecule has 1 unspecified atom stereocenters. The zero-order valence-corrected chi connectivity index (χ0v) is 10.0. The number of nitrogens with zero attached hydrogens (tertiary/aromatic N) is 3. The van der Waals surface area contributed by atoms with Crippen LogP contribution >= 0.6 is 0 Å². The van der Waals surface area contributed by atoms with E-state index in [9.17, 15) is 4.79 Å². The number of hydrogen-bond donors (Lipinski definition) is 1. The molecule has 0 radical (unpaired) electrons. The third-order valence-electron chi connectivity index (χ3n) is 2.47. The van der Waals surface area contributed by atoms with E-state index in [1.54, 1.807) is 32.2 Å². The number of rotatable bonds is 3. The van der Waals surface area contributed by atoms with Crippen LogP contribution in [0.2, 0.25) is 0 Å². The molecule has 1 atom stereocenters. The largest absolute Gasteiger partial charge is 0.466 e. The van der Waals surface area contributed by atoms with E-state index in [1.807, 2.05) is 6.07 Å². The highest BCUT2D eigenvalue weighted by Gasteiger charge is 2.19. The maximum Gasteiger partial charge on any atom is 0.270 e. The summed E-state index contributed by atoms with van der Waals surface area (Å²) in [6.07, 6.45) is 1.46. The highest BCUT2D eigenvalue weighted by Crippen LogP contribution is 2.13. The summed E-state index contributed by atoms with van der Waals surface area (Å²) in [6.45, 7) is 1.80. The molecule has 0 bridgehead atoms. The van der Waals surface area contributed by atoms with Gasteiger partial charge < -0.3 is 9.73 Å². The van der Waals surface area contributed by atoms with E-state index in [2.05, 4.69) is 10.4 Å².